The Morgan fingerprint density at radius 1 is 1.44 bits per heavy atom. The number of sulfonamides is 1. The van der Waals surface area contributed by atoms with E-state index in [1.807, 2.05) is 0 Å². The highest BCUT2D eigenvalue weighted by molar-refractivity contribution is 7.90. The van der Waals surface area contributed by atoms with Gasteiger partial charge in [0.1, 0.15) is 17.3 Å². The standard InChI is InChI=1S/C10H9NO4S/c1-2-7-15-9-5-3-4-6-10(9)16(13,14)11-8-12/h2-6H,1,7H2. The lowest BCUT2D eigenvalue weighted by atomic mass is 10.3. The minimum absolute atomic E-state index is 0.126. The molecule has 1 aromatic rings. The van der Waals surface area contributed by atoms with Crippen molar-refractivity contribution in [2.45, 2.75) is 4.90 Å². The Labute approximate surface area is 93.1 Å². The lowest BCUT2D eigenvalue weighted by molar-refractivity contribution is 0.353. The van der Waals surface area contributed by atoms with Gasteiger partial charge in [-0.15, -0.1) is 0 Å². The largest absolute Gasteiger partial charge is 0.488 e. The Morgan fingerprint density at radius 2 is 2.12 bits per heavy atom. The van der Waals surface area contributed by atoms with Gasteiger partial charge in [-0.05, 0) is 12.1 Å². The fraction of sp³-hybridized carbons (Fsp3) is 0.100. The van der Waals surface area contributed by atoms with Crippen LogP contribution in [0.3, 0.4) is 0 Å². The third kappa shape index (κ3) is 2.79. The molecule has 0 N–H and O–H groups in total. The second kappa shape index (κ2) is 5.25. The van der Waals surface area contributed by atoms with Crippen LogP contribution >= 0.6 is 0 Å². The van der Waals surface area contributed by atoms with Crippen molar-refractivity contribution in [1.82, 2.24) is 0 Å². The number of hydrogen-bond acceptors (Lipinski definition) is 4. The van der Waals surface area contributed by atoms with Crippen molar-refractivity contribution in [3.63, 3.8) is 0 Å². The molecule has 0 radical (unpaired) electrons. The molecule has 0 amide bonds. The first kappa shape index (κ1) is 12.2. The Hall–Kier alpha value is -1.91. The maximum Gasteiger partial charge on any atom is 0.296 e. The zero-order chi connectivity index (χ0) is 12.0. The number of rotatable bonds is 5. The number of para-hydroxylation sites is 1. The van der Waals surface area contributed by atoms with Crippen molar-refractivity contribution >= 4 is 16.1 Å². The molecule has 0 saturated heterocycles. The minimum Gasteiger partial charge on any atom is -0.488 e. The first-order chi connectivity index (χ1) is 7.61. The Bertz CT molecular complexity index is 530. The summed E-state index contributed by atoms with van der Waals surface area (Å²) in [5, 5.41) is 0. The van der Waals surface area contributed by atoms with Crippen LogP contribution in [0.15, 0.2) is 46.2 Å². The van der Waals surface area contributed by atoms with E-state index in [-0.39, 0.29) is 17.3 Å². The molecular formula is C10H9NO4S. The molecular weight excluding hydrogens is 230 g/mol. The number of benzene rings is 1. The summed E-state index contributed by atoms with van der Waals surface area (Å²) >= 11 is 0. The summed E-state index contributed by atoms with van der Waals surface area (Å²) in [5.41, 5.74) is 0. The summed E-state index contributed by atoms with van der Waals surface area (Å²) in [6, 6.07) is 5.89. The average molecular weight is 239 g/mol. The van der Waals surface area contributed by atoms with E-state index in [0.717, 1.165) is 6.08 Å². The van der Waals surface area contributed by atoms with E-state index in [9.17, 15) is 13.2 Å². The summed E-state index contributed by atoms with van der Waals surface area (Å²) in [5.74, 6) is 0.126. The first-order valence-corrected chi connectivity index (χ1v) is 5.72. The summed E-state index contributed by atoms with van der Waals surface area (Å²) in [4.78, 5) is 9.82. The average Bonchev–Trinajstić information content (AvgIpc) is 2.26. The van der Waals surface area contributed by atoms with E-state index >= 15 is 0 Å². The highest BCUT2D eigenvalue weighted by atomic mass is 32.2. The fourth-order valence-electron chi connectivity index (χ4n) is 1.03. The van der Waals surface area contributed by atoms with Gasteiger partial charge >= 0.3 is 0 Å². The van der Waals surface area contributed by atoms with Crippen molar-refractivity contribution in [3.8, 4) is 5.75 Å². The lowest BCUT2D eigenvalue weighted by Crippen LogP contribution is -2.02. The second-order valence-corrected chi connectivity index (χ2v) is 4.28. The lowest BCUT2D eigenvalue weighted by Gasteiger charge is -2.06. The predicted octanol–water partition coefficient (Wildman–Crippen LogP) is 1.28. The van der Waals surface area contributed by atoms with Gasteiger partial charge in [-0.1, -0.05) is 29.2 Å². The van der Waals surface area contributed by atoms with Crippen molar-refractivity contribution in [3.05, 3.63) is 36.9 Å². The van der Waals surface area contributed by atoms with Gasteiger partial charge in [0.25, 0.3) is 16.1 Å². The summed E-state index contributed by atoms with van der Waals surface area (Å²) in [7, 11) is -4.03. The summed E-state index contributed by atoms with van der Waals surface area (Å²) in [6.45, 7) is 3.61. The molecule has 6 heteroatoms. The van der Waals surface area contributed by atoms with Crippen molar-refractivity contribution in [2.75, 3.05) is 6.61 Å². The van der Waals surface area contributed by atoms with E-state index in [2.05, 4.69) is 11.0 Å². The number of isocyanates is 1. The van der Waals surface area contributed by atoms with Crippen LogP contribution in [0, 0.1) is 0 Å². The molecule has 0 fully saturated rings. The van der Waals surface area contributed by atoms with E-state index in [1.54, 1.807) is 6.07 Å². The normalized spacial score (nSPS) is 10.2. The molecule has 0 aliphatic carbocycles. The highest BCUT2D eigenvalue weighted by Crippen LogP contribution is 2.24. The van der Waals surface area contributed by atoms with Crippen LogP contribution in [0.4, 0.5) is 0 Å². The third-order valence-electron chi connectivity index (χ3n) is 1.64. The predicted molar refractivity (Wildman–Crippen MR) is 57.4 cm³/mol. The zero-order valence-electron chi connectivity index (χ0n) is 8.29. The molecule has 0 atom stereocenters. The van der Waals surface area contributed by atoms with Crippen LogP contribution in [0.25, 0.3) is 0 Å². The summed E-state index contributed by atoms with van der Waals surface area (Å²) < 4.78 is 30.9. The number of ether oxygens (including phenoxy) is 1. The molecule has 0 heterocycles. The number of carbonyl (C=O) groups excluding carboxylic acids is 1. The Kier molecular flexibility index (Phi) is 3.99. The Balaban J connectivity index is 3.22. The van der Waals surface area contributed by atoms with Crippen LogP contribution in [-0.2, 0) is 14.8 Å². The molecule has 0 saturated carbocycles. The van der Waals surface area contributed by atoms with Gasteiger partial charge in [-0.2, -0.15) is 8.42 Å². The Morgan fingerprint density at radius 3 is 2.75 bits per heavy atom. The SMILES string of the molecule is C=CCOc1ccccc1S(=O)(=O)N=C=O. The molecule has 16 heavy (non-hydrogen) atoms. The first-order valence-electron chi connectivity index (χ1n) is 4.28. The minimum atomic E-state index is -4.03. The van der Waals surface area contributed by atoms with E-state index in [1.165, 1.54) is 24.3 Å². The number of hydrogen-bond donors (Lipinski definition) is 0. The van der Waals surface area contributed by atoms with Crippen LogP contribution < -0.4 is 4.74 Å². The van der Waals surface area contributed by atoms with Crippen LogP contribution in [-0.4, -0.2) is 21.1 Å². The highest BCUT2D eigenvalue weighted by Gasteiger charge is 2.17. The second-order valence-electron chi connectivity index (χ2n) is 2.70. The van der Waals surface area contributed by atoms with E-state index in [0.29, 0.717) is 0 Å². The molecule has 0 aliphatic rings. The van der Waals surface area contributed by atoms with E-state index in [4.69, 9.17) is 4.74 Å². The maximum atomic E-state index is 11.5. The van der Waals surface area contributed by atoms with Gasteiger partial charge < -0.3 is 4.74 Å². The maximum absolute atomic E-state index is 11.5. The topological polar surface area (TPSA) is 72.8 Å². The van der Waals surface area contributed by atoms with Gasteiger partial charge in [0.15, 0.2) is 0 Å². The van der Waals surface area contributed by atoms with Gasteiger partial charge in [-0.25, -0.2) is 4.79 Å². The van der Waals surface area contributed by atoms with Gasteiger partial charge in [0.05, 0.1) is 0 Å². The van der Waals surface area contributed by atoms with Gasteiger partial charge in [0, 0.05) is 0 Å². The van der Waals surface area contributed by atoms with Crippen LogP contribution in [0.1, 0.15) is 0 Å². The monoisotopic (exact) mass is 239 g/mol. The molecule has 1 aromatic carbocycles. The zero-order valence-corrected chi connectivity index (χ0v) is 9.11. The van der Waals surface area contributed by atoms with E-state index < -0.39 is 10.0 Å². The van der Waals surface area contributed by atoms with Gasteiger partial charge in [-0.3, -0.25) is 0 Å². The third-order valence-corrected chi connectivity index (χ3v) is 2.85. The molecule has 0 aromatic heterocycles. The molecule has 0 bridgehead atoms. The van der Waals surface area contributed by atoms with Crippen molar-refractivity contribution in [2.24, 2.45) is 4.40 Å². The van der Waals surface area contributed by atoms with Crippen molar-refractivity contribution in [1.29, 1.82) is 0 Å². The molecule has 1 rings (SSSR count). The van der Waals surface area contributed by atoms with Gasteiger partial charge in [0.2, 0.25) is 0 Å². The van der Waals surface area contributed by atoms with Crippen LogP contribution in [0.5, 0.6) is 5.75 Å². The van der Waals surface area contributed by atoms with Crippen LogP contribution in [0.2, 0.25) is 0 Å². The molecule has 0 spiro atoms. The molecule has 84 valence electrons. The summed E-state index contributed by atoms with van der Waals surface area (Å²) in [6.07, 6.45) is 2.48. The molecule has 0 aliphatic heterocycles. The fourth-order valence-corrected chi connectivity index (χ4v) is 1.86. The molecule has 0 unspecified atom stereocenters. The smallest absolute Gasteiger partial charge is 0.296 e. The number of nitrogens with zero attached hydrogens (tertiary/aromatic N) is 1. The van der Waals surface area contributed by atoms with Crippen molar-refractivity contribution < 1.29 is 17.9 Å². The quantitative estimate of drug-likeness (QED) is 0.440. The molecule has 5 nitrogen and oxygen atoms in total.